The SMILES string of the molecule is CC(Nc1ncc2cccn2n1)C(F)(F)F. The Kier molecular flexibility index (Phi) is 2.45. The molecule has 0 spiro atoms. The summed E-state index contributed by atoms with van der Waals surface area (Å²) in [5.74, 6) is -0.0477. The van der Waals surface area contributed by atoms with Crippen molar-refractivity contribution in [1.29, 1.82) is 0 Å². The van der Waals surface area contributed by atoms with Crippen LogP contribution in [-0.4, -0.2) is 26.8 Å². The molecule has 0 aromatic carbocycles. The van der Waals surface area contributed by atoms with Crippen LogP contribution in [0.2, 0.25) is 0 Å². The van der Waals surface area contributed by atoms with E-state index in [-0.39, 0.29) is 5.95 Å². The normalized spacial score (nSPS) is 14.0. The highest BCUT2D eigenvalue weighted by molar-refractivity contribution is 5.45. The Bertz CT molecular complexity index is 491. The number of fused-ring (bicyclic) bond motifs is 1. The summed E-state index contributed by atoms with van der Waals surface area (Å²) in [6.07, 6.45) is -1.21. The fourth-order valence-electron chi connectivity index (χ4n) is 1.18. The van der Waals surface area contributed by atoms with Gasteiger partial charge in [0, 0.05) is 6.20 Å². The van der Waals surface area contributed by atoms with Gasteiger partial charge in [-0.3, -0.25) is 0 Å². The average molecular weight is 230 g/mol. The van der Waals surface area contributed by atoms with E-state index < -0.39 is 12.2 Å². The van der Waals surface area contributed by atoms with Gasteiger partial charge in [-0.2, -0.15) is 13.2 Å². The van der Waals surface area contributed by atoms with Gasteiger partial charge in [0.15, 0.2) is 0 Å². The fraction of sp³-hybridized carbons (Fsp3) is 0.333. The summed E-state index contributed by atoms with van der Waals surface area (Å²) in [6.45, 7) is 1.02. The molecule has 0 radical (unpaired) electrons. The maximum atomic E-state index is 12.3. The van der Waals surface area contributed by atoms with Gasteiger partial charge in [0.2, 0.25) is 5.95 Å². The average Bonchev–Trinajstić information content (AvgIpc) is 2.63. The molecule has 0 bridgehead atoms. The van der Waals surface area contributed by atoms with Crippen LogP contribution >= 0.6 is 0 Å². The van der Waals surface area contributed by atoms with Crippen LogP contribution in [0, 0.1) is 0 Å². The van der Waals surface area contributed by atoms with Crippen molar-refractivity contribution < 1.29 is 13.2 Å². The van der Waals surface area contributed by atoms with Crippen molar-refractivity contribution in [2.45, 2.75) is 19.1 Å². The first-order chi connectivity index (χ1) is 7.47. The Morgan fingerprint density at radius 3 is 2.88 bits per heavy atom. The Morgan fingerprint density at radius 1 is 1.44 bits per heavy atom. The molecule has 16 heavy (non-hydrogen) atoms. The van der Waals surface area contributed by atoms with Crippen LogP contribution in [0.4, 0.5) is 19.1 Å². The number of anilines is 1. The molecule has 2 rings (SSSR count). The van der Waals surface area contributed by atoms with Gasteiger partial charge in [-0.05, 0) is 19.1 Å². The number of nitrogens with zero attached hydrogens (tertiary/aromatic N) is 3. The highest BCUT2D eigenvalue weighted by Gasteiger charge is 2.36. The lowest BCUT2D eigenvalue weighted by atomic mass is 10.3. The van der Waals surface area contributed by atoms with E-state index in [0.717, 1.165) is 12.4 Å². The summed E-state index contributed by atoms with van der Waals surface area (Å²) in [7, 11) is 0. The quantitative estimate of drug-likeness (QED) is 0.858. The topological polar surface area (TPSA) is 42.2 Å². The Balaban J connectivity index is 2.21. The molecule has 4 nitrogen and oxygen atoms in total. The van der Waals surface area contributed by atoms with Crippen molar-refractivity contribution in [3.63, 3.8) is 0 Å². The zero-order valence-electron chi connectivity index (χ0n) is 8.36. The van der Waals surface area contributed by atoms with E-state index in [1.807, 2.05) is 0 Å². The summed E-state index contributed by atoms with van der Waals surface area (Å²) < 4.78 is 38.2. The molecule has 7 heteroatoms. The number of hydrogen-bond acceptors (Lipinski definition) is 3. The molecule has 1 unspecified atom stereocenters. The molecule has 2 aromatic heterocycles. The molecular weight excluding hydrogens is 221 g/mol. The van der Waals surface area contributed by atoms with Gasteiger partial charge in [-0.15, -0.1) is 5.10 Å². The third-order valence-corrected chi connectivity index (χ3v) is 2.12. The van der Waals surface area contributed by atoms with E-state index >= 15 is 0 Å². The molecule has 86 valence electrons. The first-order valence-electron chi connectivity index (χ1n) is 4.60. The molecule has 0 aliphatic heterocycles. The van der Waals surface area contributed by atoms with E-state index in [2.05, 4.69) is 15.4 Å². The van der Waals surface area contributed by atoms with E-state index in [1.165, 1.54) is 10.7 Å². The zero-order valence-corrected chi connectivity index (χ0v) is 8.36. The first-order valence-corrected chi connectivity index (χ1v) is 4.60. The lowest BCUT2D eigenvalue weighted by Gasteiger charge is -2.16. The van der Waals surface area contributed by atoms with Gasteiger partial charge in [0.25, 0.3) is 0 Å². The zero-order chi connectivity index (χ0) is 11.8. The number of rotatable bonds is 2. The molecule has 1 atom stereocenters. The van der Waals surface area contributed by atoms with Gasteiger partial charge in [0.05, 0.1) is 11.7 Å². The van der Waals surface area contributed by atoms with Gasteiger partial charge < -0.3 is 5.32 Å². The lowest BCUT2D eigenvalue weighted by molar-refractivity contribution is -0.138. The number of nitrogens with one attached hydrogen (secondary N) is 1. The maximum Gasteiger partial charge on any atom is 0.408 e. The fourth-order valence-corrected chi connectivity index (χ4v) is 1.18. The molecule has 2 aromatic rings. The van der Waals surface area contributed by atoms with Crippen LogP contribution < -0.4 is 5.32 Å². The van der Waals surface area contributed by atoms with Crippen molar-refractivity contribution >= 4 is 11.5 Å². The van der Waals surface area contributed by atoms with E-state index in [4.69, 9.17) is 0 Å². The molecule has 2 heterocycles. The number of halogens is 3. The van der Waals surface area contributed by atoms with Crippen LogP contribution in [0.5, 0.6) is 0 Å². The smallest absolute Gasteiger partial charge is 0.341 e. The van der Waals surface area contributed by atoms with E-state index in [1.54, 1.807) is 18.3 Å². The molecule has 1 N–H and O–H groups in total. The molecule has 0 fully saturated rings. The Morgan fingerprint density at radius 2 is 2.19 bits per heavy atom. The Hall–Kier alpha value is -1.79. The predicted octanol–water partition coefficient (Wildman–Crippen LogP) is 2.09. The molecule has 0 aliphatic rings. The van der Waals surface area contributed by atoms with Gasteiger partial charge >= 0.3 is 6.18 Å². The van der Waals surface area contributed by atoms with Crippen LogP contribution in [0.15, 0.2) is 24.5 Å². The summed E-state index contributed by atoms with van der Waals surface area (Å²) >= 11 is 0. The molecular formula is C9H9F3N4. The number of alkyl halides is 3. The van der Waals surface area contributed by atoms with Crippen LogP contribution in [0.3, 0.4) is 0 Å². The van der Waals surface area contributed by atoms with Gasteiger partial charge in [-0.1, -0.05) is 0 Å². The van der Waals surface area contributed by atoms with Crippen LogP contribution in [0.1, 0.15) is 6.92 Å². The van der Waals surface area contributed by atoms with Gasteiger partial charge in [0.1, 0.15) is 6.04 Å². The second-order valence-corrected chi connectivity index (χ2v) is 3.37. The van der Waals surface area contributed by atoms with Gasteiger partial charge in [-0.25, -0.2) is 9.50 Å². The minimum Gasteiger partial charge on any atom is -0.341 e. The highest BCUT2D eigenvalue weighted by Crippen LogP contribution is 2.21. The lowest BCUT2D eigenvalue weighted by Crippen LogP contribution is -2.33. The van der Waals surface area contributed by atoms with Crippen molar-refractivity contribution in [2.24, 2.45) is 0 Å². The number of aromatic nitrogens is 3. The Labute approximate surface area is 89.1 Å². The second kappa shape index (κ2) is 3.66. The molecule has 0 amide bonds. The maximum absolute atomic E-state index is 12.3. The molecule has 0 saturated heterocycles. The minimum atomic E-state index is -4.31. The second-order valence-electron chi connectivity index (χ2n) is 3.37. The third kappa shape index (κ3) is 2.07. The minimum absolute atomic E-state index is 0.0477. The van der Waals surface area contributed by atoms with E-state index in [9.17, 15) is 13.2 Å². The molecule has 0 aliphatic carbocycles. The summed E-state index contributed by atoms with van der Waals surface area (Å²) in [6, 6.07) is 1.82. The largest absolute Gasteiger partial charge is 0.408 e. The van der Waals surface area contributed by atoms with Crippen LogP contribution in [-0.2, 0) is 0 Å². The standard InChI is InChI=1S/C9H9F3N4/c1-6(9(10,11)12)14-8-13-5-7-3-2-4-16(7)15-8/h2-6H,1H3,(H,14,15). The van der Waals surface area contributed by atoms with Crippen LogP contribution in [0.25, 0.3) is 5.52 Å². The summed E-state index contributed by atoms with van der Waals surface area (Å²) in [4.78, 5) is 3.79. The number of hydrogen-bond donors (Lipinski definition) is 1. The third-order valence-electron chi connectivity index (χ3n) is 2.12. The summed E-state index contributed by atoms with van der Waals surface area (Å²) in [5.41, 5.74) is 0.727. The van der Waals surface area contributed by atoms with Crippen molar-refractivity contribution in [3.05, 3.63) is 24.5 Å². The van der Waals surface area contributed by atoms with Crippen molar-refractivity contribution in [3.8, 4) is 0 Å². The predicted molar refractivity (Wildman–Crippen MR) is 52.1 cm³/mol. The summed E-state index contributed by atoms with van der Waals surface area (Å²) in [5, 5.41) is 6.08. The first kappa shape index (κ1) is 10.7. The van der Waals surface area contributed by atoms with Crippen molar-refractivity contribution in [1.82, 2.24) is 14.6 Å². The van der Waals surface area contributed by atoms with Crippen molar-refractivity contribution in [2.75, 3.05) is 5.32 Å². The molecule has 0 saturated carbocycles. The van der Waals surface area contributed by atoms with E-state index in [0.29, 0.717) is 0 Å². The highest BCUT2D eigenvalue weighted by atomic mass is 19.4. The monoisotopic (exact) mass is 230 g/mol.